The molecule has 1 saturated heterocycles. The molecule has 1 aliphatic heterocycles. The van der Waals surface area contributed by atoms with Crippen molar-refractivity contribution in [2.45, 2.75) is 51.6 Å². The van der Waals surface area contributed by atoms with Crippen molar-refractivity contribution in [2.75, 3.05) is 25.1 Å². The number of amides is 1. The molecule has 1 aromatic carbocycles. The van der Waals surface area contributed by atoms with E-state index in [0.29, 0.717) is 54.4 Å². The number of ether oxygens (including phenoxy) is 1. The van der Waals surface area contributed by atoms with Crippen LogP contribution in [-0.4, -0.2) is 51.4 Å². The summed E-state index contributed by atoms with van der Waals surface area (Å²) in [6, 6.07) is 9.72. The van der Waals surface area contributed by atoms with Crippen LogP contribution >= 0.6 is 0 Å². The van der Waals surface area contributed by atoms with Gasteiger partial charge in [-0.15, -0.1) is 0 Å². The van der Waals surface area contributed by atoms with E-state index in [1.807, 2.05) is 40.8 Å². The average molecular weight is 475 g/mol. The minimum atomic E-state index is -0.232. The van der Waals surface area contributed by atoms with Gasteiger partial charge in [-0.1, -0.05) is 6.92 Å². The molecule has 35 heavy (non-hydrogen) atoms. The third-order valence-corrected chi connectivity index (χ3v) is 7.09. The lowest BCUT2D eigenvalue weighted by Gasteiger charge is -2.35. The second kappa shape index (κ2) is 9.55. The van der Waals surface area contributed by atoms with Crippen molar-refractivity contribution in [3.8, 4) is 6.07 Å². The predicted molar refractivity (Wildman–Crippen MR) is 133 cm³/mol. The van der Waals surface area contributed by atoms with E-state index in [1.54, 1.807) is 6.20 Å². The van der Waals surface area contributed by atoms with Crippen LogP contribution in [0, 0.1) is 24.2 Å². The number of pyridine rings is 1. The van der Waals surface area contributed by atoms with Gasteiger partial charge in [0.2, 0.25) is 0 Å². The van der Waals surface area contributed by atoms with Gasteiger partial charge in [0, 0.05) is 24.0 Å². The van der Waals surface area contributed by atoms with Crippen molar-refractivity contribution in [2.24, 2.45) is 5.92 Å². The Morgan fingerprint density at radius 3 is 2.91 bits per heavy atom. The molecule has 0 bridgehead atoms. The highest BCUT2D eigenvalue weighted by Gasteiger charge is 2.34. The van der Waals surface area contributed by atoms with E-state index in [2.05, 4.69) is 23.3 Å². The number of hydrogen-bond donors (Lipinski definition) is 2. The van der Waals surface area contributed by atoms with E-state index in [0.717, 1.165) is 30.5 Å². The number of anilines is 2. The van der Waals surface area contributed by atoms with Crippen LogP contribution in [0.25, 0.3) is 10.9 Å². The van der Waals surface area contributed by atoms with Gasteiger partial charge >= 0.3 is 0 Å². The summed E-state index contributed by atoms with van der Waals surface area (Å²) >= 11 is 0. The predicted octanol–water partition coefficient (Wildman–Crippen LogP) is 3.89. The molecular formula is C26H30N6O3. The minimum Gasteiger partial charge on any atom is -0.377 e. The first-order chi connectivity index (χ1) is 17.0. The quantitative estimate of drug-likeness (QED) is 0.537. The molecular weight excluding hydrogens is 444 g/mol. The number of hydrogen-bond acceptors (Lipinski definition) is 6. The molecule has 9 heteroatoms. The molecule has 3 aromatic rings. The normalized spacial score (nSPS) is 18.9. The Labute approximate surface area is 203 Å². The third kappa shape index (κ3) is 4.42. The monoisotopic (exact) mass is 474 g/mol. The van der Waals surface area contributed by atoms with Crippen molar-refractivity contribution in [3.63, 3.8) is 0 Å². The Kier molecular flexibility index (Phi) is 6.31. The Morgan fingerprint density at radius 1 is 1.37 bits per heavy atom. The molecule has 0 radical (unpaired) electrons. The first-order valence-electron chi connectivity index (χ1n) is 12.2. The molecule has 2 N–H and O–H groups in total. The number of H-pyrrole nitrogens is 1. The highest BCUT2D eigenvalue weighted by molar-refractivity contribution is 5.97. The van der Waals surface area contributed by atoms with Crippen LogP contribution in [0.1, 0.15) is 54.6 Å². The van der Waals surface area contributed by atoms with E-state index in [4.69, 9.17) is 9.84 Å². The zero-order valence-corrected chi connectivity index (χ0v) is 20.1. The summed E-state index contributed by atoms with van der Waals surface area (Å²) in [4.78, 5) is 30.6. The first-order valence-corrected chi connectivity index (χ1v) is 12.2. The van der Waals surface area contributed by atoms with Crippen LogP contribution in [0.5, 0.6) is 0 Å². The zero-order chi connectivity index (χ0) is 24.5. The molecule has 9 nitrogen and oxygen atoms in total. The van der Waals surface area contributed by atoms with Crippen molar-refractivity contribution in [3.05, 3.63) is 51.9 Å². The molecule has 5 rings (SSSR count). The zero-order valence-electron chi connectivity index (χ0n) is 20.1. The summed E-state index contributed by atoms with van der Waals surface area (Å²) < 4.78 is 7.38. The maximum atomic E-state index is 13.3. The van der Waals surface area contributed by atoms with Gasteiger partial charge in [-0.05, 0) is 61.9 Å². The highest BCUT2D eigenvalue weighted by atomic mass is 16.5. The third-order valence-electron chi connectivity index (χ3n) is 7.09. The number of aromatic nitrogens is 3. The van der Waals surface area contributed by atoms with Crippen molar-refractivity contribution < 1.29 is 9.53 Å². The Bertz CT molecular complexity index is 1350. The molecule has 1 saturated carbocycles. The largest absolute Gasteiger partial charge is 0.377 e. The lowest BCUT2D eigenvalue weighted by molar-refractivity contribution is -0.00283. The highest BCUT2D eigenvalue weighted by Crippen LogP contribution is 2.43. The number of fused-ring (bicyclic) bond motifs is 1. The molecule has 2 aromatic heterocycles. The molecule has 2 aliphatic rings. The Balaban J connectivity index is 1.46. The maximum absolute atomic E-state index is 13.3. The lowest BCUT2D eigenvalue weighted by atomic mass is 10.0. The standard InChI is InChI=1S/C26H30N6O3/c1-3-19-15-35-13-12-31(19)26(34)20-7-6-18(14-16(20)2)29-24-23-22(9-11-28-25(23)33)32(30-24)21(8-10-27)17-4-5-17/h6-7,9,11,14,17,19,21H,3-5,8,12-13,15H2,1-2H3,(H,28,33)(H,29,30)/t19-,21?/m1/s1. The van der Waals surface area contributed by atoms with Gasteiger partial charge in [-0.2, -0.15) is 10.4 Å². The van der Waals surface area contributed by atoms with Crippen LogP contribution in [0.4, 0.5) is 11.5 Å². The second-order valence-electron chi connectivity index (χ2n) is 9.42. The van der Waals surface area contributed by atoms with Gasteiger partial charge in [0.25, 0.3) is 11.5 Å². The number of nitrogens with one attached hydrogen (secondary N) is 2. The van der Waals surface area contributed by atoms with Gasteiger partial charge in [-0.3, -0.25) is 14.3 Å². The van der Waals surface area contributed by atoms with Gasteiger partial charge in [0.15, 0.2) is 5.82 Å². The molecule has 3 heterocycles. The summed E-state index contributed by atoms with van der Waals surface area (Å²) in [6.45, 7) is 5.69. The van der Waals surface area contributed by atoms with Gasteiger partial charge in [0.05, 0.1) is 43.3 Å². The second-order valence-corrected chi connectivity index (χ2v) is 9.42. The van der Waals surface area contributed by atoms with Crippen LogP contribution in [-0.2, 0) is 4.74 Å². The van der Waals surface area contributed by atoms with Crippen LogP contribution < -0.4 is 10.9 Å². The van der Waals surface area contributed by atoms with Crippen molar-refractivity contribution in [1.29, 1.82) is 5.26 Å². The number of benzene rings is 1. The summed E-state index contributed by atoms with van der Waals surface area (Å²) in [5, 5.41) is 17.9. The van der Waals surface area contributed by atoms with Crippen molar-refractivity contribution in [1.82, 2.24) is 19.7 Å². The number of rotatable bonds is 7. The van der Waals surface area contributed by atoms with Gasteiger partial charge in [0.1, 0.15) is 5.39 Å². The van der Waals surface area contributed by atoms with Gasteiger partial charge in [-0.25, -0.2) is 0 Å². The molecule has 1 unspecified atom stereocenters. The van der Waals surface area contributed by atoms with E-state index in [1.165, 1.54) is 0 Å². The Hall–Kier alpha value is -3.64. The summed E-state index contributed by atoms with van der Waals surface area (Å²) in [7, 11) is 0. The van der Waals surface area contributed by atoms with Crippen LogP contribution in [0.3, 0.4) is 0 Å². The van der Waals surface area contributed by atoms with Crippen LogP contribution in [0.15, 0.2) is 35.3 Å². The van der Waals surface area contributed by atoms with E-state index >= 15 is 0 Å². The minimum absolute atomic E-state index is 0.0131. The number of carbonyl (C=O) groups is 1. The lowest BCUT2D eigenvalue weighted by Crippen LogP contribution is -2.48. The summed E-state index contributed by atoms with van der Waals surface area (Å²) in [5.74, 6) is 0.867. The van der Waals surface area contributed by atoms with Crippen LogP contribution in [0.2, 0.25) is 0 Å². The van der Waals surface area contributed by atoms with E-state index in [-0.39, 0.29) is 23.6 Å². The average Bonchev–Trinajstić information content (AvgIpc) is 3.64. The Morgan fingerprint density at radius 2 is 2.20 bits per heavy atom. The molecule has 1 aliphatic carbocycles. The number of morpholine rings is 1. The molecule has 2 atom stereocenters. The topological polar surface area (TPSA) is 116 Å². The number of aryl methyl sites for hydroxylation is 1. The van der Waals surface area contributed by atoms with Crippen molar-refractivity contribution >= 4 is 28.3 Å². The molecule has 1 amide bonds. The fourth-order valence-corrected chi connectivity index (χ4v) is 5.00. The molecule has 182 valence electrons. The molecule has 0 spiro atoms. The number of carbonyl (C=O) groups excluding carboxylic acids is 1. The van der Waals surface area contributed by atoms with E-state index < -0.39 is 0 Å². The van der Waals surface area contributed by atoms with Gasteiger partial charge < -0.3 is 19.9 Å². The fourth-order valence-electron chi connectivity index (χ4n) is 5.00. The smallest absolute Gasteiger partial charge is 0.261 e. The molecule has 2 fully saturated rings. The maximum Gasteiger partial charge on any atom is 0.261 e. The fraction of sp³-hybridized carbons (Fsp3) is 0.462. The first kappa shape index (κ1) is 23.1. The summed E-state index contributed by atoms with van der Waals surface area (Å²) in [6.07, 6.45) is 4.95. The number of nitrogens with zero attached hydrogens (tertiary/aromatic N) is 4. The number of aromatic amines is 1. The summed E-state index contributed by atoms with van der Waals surface area (Å²) in [5.41, 5.74) is 2.73. The van der Waals surface area contributed by atoms with E-state index in [9.17, 15) is 14.9 Å². The number of nitriles is 1. The SMILES string of the molecule is CC[C@@H]1COCCN1C(=O)c1ccc(Nc2nn(C(CC#N)C3CC3)c3cc[nH]c(=O)c23)cc1C.